The zero-order chi connectivity index (χ0) is 19.1. The molecule has 0 radical (unpaired) electrons. The number of hydrogen-bond acceptors (Lipinski definition) is 6. The van der Waals surface area contributed by atoms with Crippen LogP contribution in [0.2, 0.25) is 0 Å². The van der Waals surface area contributed by atoms with Crippen molar-refractivity contribution in [3.8, 4) is 5.75 Å². The molecular weight excluding hydrogens is 400 g/mol. The van der Waals surface area contributed by atoms with Crippen LogP contribution in [-0.4, -0.2) is 42.5 Å². The van der Waals surface area contributed by atoms with Gasteiger partial charge < -0.3 is 21.1 Å². The summed E-state index contributed by atoms with van der Waals surface area (Å²) in [4.78, 5) is 28.0. The van der Waals surface area contributed by atoms with Gasteiger partial charge in [-0.05, 0) is 43.5 Å². The van der Waals surface area contributed by atoms with Gasteiger partial charge in [0.25, 0.3) is 11.8 Å². The molecule has 1 aromatic heterocycles. The van der Waals surface area contributed by atoms with Crippen LogP contribution in [0.3, 0.4) is 0 Å². The number of rotatable bonds is 10. The fraction of sp³-hybridized carbons (Fsp3) is 0.421. The lowest BCUT2D eigenvalue weighted by molar-refractivity contribution is -0.123. The fourth-order valence-corrected chi connectivity index (χ4v) is 3.26. The van der Waals surface area contributed by atoms with E-state index in [1.807, 2.05) is 24.3 Å². The van der Waals surface area contributed by atoms with Gasteiger partial charge in [-0.15, -0.1) is 23.7 Å². The molecule has 0 saturated heterocycles. The number of amides is 2. The Morgan fingerprint density at radius 1 is 1.21 bits per heavy atom. The van der Waals surface area contributed by atoms with E-state index in [1.165, 1.54) is 11.3 Å². The van der Waals surface area contributed by atoms with Gasteiger partial charge in [-0.2, -0.15) is 0 Å². The van der Waals surface area contributed by atoms with E-state index in [4.69, 9.17) is 10.5 Å². The van der Waals surface area contributed by atoms with E-state index in [-0.39, 0.29) is 30.8 Å². The summed E-state index contributed by atoms with van der Waals surface area (Å²) in [6.07, 6.45) is 3.52. The quantitative estimate of drug-likeness (QED) is 0.538. The molecule has 0 aliphatic heterocycles. The number of carbonyl (C=O) groups excluding carboxylic acids is 2. The lowest BCUT2D eigenvalue weighted by Gasteiger charge is -2.08. The first-order valence-electron chi connectivity index (χ1n) is 9.08. The maximum absolute atomic E-state index is 12.1. The Morgan fingerprint density at radius 3 is 2.64 bits per heavy atom. The monoisotopic (exact) mass is 424 g/mol. The van der Waals surface area contributed by atoms with Crippen molar-refractivity contribution in [2.24, 2.45) is 5.73 Å². The summed E-state index contributed by atoms with van der Waals surface area (Å²) in [5, 5.41) is 8.39. The Kier molecular flexibility index (Phi) is 8.69. The van der Waals surface area contributed by atoms with E-state index in [0.29, 0.717) is 43.4 Å². The number of halogens is 1. The van der Waals surface area contributed by atoms with Gasteiger partial charge >= 0.3 is 0 Å². The van der Waals surface area contributed by atoms with Gasteiger partial charge in [0.2, 0.25) is 0 Å². The number of nitrogens with one attached hydrogen (secondary N) is 2. The molecule has 2 amide bonds. The lowest BCUT2D eigenvalue weighted by atomic mass is 10.1. The predicted molar refractivity (Wildman–Crippen MR) is 111 cm³/mol. The van der Waals surface area contributed by atoms with E-state index in [0.717, 1.165) is 23.4 Å². The van der Waals surface area contributed by atoms with E-state index in [1.54, 1.807) is 5.38 Å². The average molecular weight is 425 g/mol. The van der Waals surface area contributed by atoms with Gasteiger partial charge in [0.1, 0.15) is 11.4 Å². The lowest BCUT2D eigenvalue weighted by Crippen LogP contribution is -2.30. The minimum atomic E-state index is -0.170. The van der Waals surface area contributed by atoms with Crippen LogP contribution in [0.15, 0.2) is 29.6 Å². The summed E-state index contributed by atoms with van der Waals surface area (Å²) in [5.74, 6) is 0.403. The second-order valence-electron chi connectivity index (χ2n) is 6.45. The third-order valence-electron chi connectivity index (χ3n) is 4.08. The number of ether oxygens (including phenoxy) is 1. The Bertz CT molecular complexity index is 778. The van der Waals surface area contributed by atoms with Gasteiger partial charge in [0.05, 0.1) is 5.01 Å². The van der Waals surface area contributed by atoms with Gasteiger partial charge in [0.15, 0.2) is 6.61 Å². The molecule has 7 nitrogen and oxygen atoms in total. The van der Waals surface area contributed by atoms with Gasteiger partial charge in [-0.25, -0.2) is 4.98 Å². The van der Waals surface area contributed by atoms with Crippen LogP contribution in [0, 0.1) is 0 Å². The van der Waals surface area contributed by atoms with Crippen LogP contribution in [0.25, 0.3) is 0 Å². The molecule has 1 heterocycles. The number of carbonyl (C=O) groups is 2. The smallest absolute Gasteiger partial charge is 0.270 e. The van der Waals surface area contributed by atoms with Crippen molar-refractivity contribution in [2.75, 3.05) is 19.7 Å². The van der Waals surface area contributed by atoms with Crippen molar-refractivity contribution >= 4 is 35.6 Å². The number of nitrogens with two attached hydrogens (primary N) is 1. The average Bonchev–Trinajstić information content (AvgIpc) is 3.35. The molecule has 2 aromatic rings. The number of hydrogen-bond donors (Lipinski definition) is 3. The van der Waals surface area contributed by atoms with Crippen LogP contribution < -0.4 is 21.1 Å². The molecule has 1 fully saturated rings. The highest BCUT2D eigenvalue weighted by molar-refractivity contribution is 7.09. The van der Waals surface area contributed by atoms with Crippen molar-refractivity contribution in [2.45, 2.75) is 31.7 Å². The molecule has 3 rings (SSSR count). The molecule has 9 heteroatoms. The van der Waals surface area contributed by atoms with Gasteiger partial charge in [-0.3, -0.25) is 9.59 Å². The summed E-state index contributed by atoms with van der Waals surface area (Å²) in [5.41, 5.74) is 7.01. The highest BCUT2D eigenvalue weighted by Gasteiger charge is 2.23. The molecule has 1 saturated carbocycles. The first kappa shape index (κ1) is 22.1. The fourth-order valence-electron chi connectivity index (χ4n) is 2.46. The largest absolute Gasteiger partial charge is 0.484 e. The van der Waals surface area contributed by atoms with Crippen molar-refractivity contribution in [1.82, 2.24) is 15.6 Å². The minimum Gasteiger partial charge on any atom is -0.484 e. The Hall–Kier alpha value is -2.16. The first-order valence-corrected chi connectivity index (χ1v) is 9.96. The highest BCUT2D eigenvalue weighted by atomic mass is 35.5. The summed E-state index contributed by atoms with van der Waals surface area (Å²) < 4.78 is 5.48. The second kappa shape index (κ2) is 11.0. The molecular formula is C19H25ClN4O3S. The van der Waals surface area contributed by atoms with Crippen molar-refractivity contribution < 1.29 is 14.3 Å². The number of aromatic nitrogens is 1. The minimum absolute atomic E-state index is 0. The molecule has 0 atom stereocenters. The van der Waals surface area contributed by atoms with Crippen molar-refractivity contribution in [1.29, 1.82) is 0 Å². The van der Waals surface area contributed by atoms with Crippen molar-refractivity contribution in [3.63, 3.8) is 0 Å². The molecule has 152 valence electrons. The van der Waals surface area contributed by atoms with Crippen LogP contribution in [0.1, 0.15) is 33.9 Å². The number of thiazole rings is 1. The van der Waals surface area contributed by atoms with E-state index < -0.39 is 0 Å². The normalized spacial score (nSPS) is 12.8. The molecule has 0 bridgehead atoms. The zero-order valence-electron chi connectivity index (χ0n) is 15.5. The number of benzene rings is 1. The highest BCUT2D eigenvalue weighted by Crippen LogP contribution is 2.18. The molecule has 1 aromatic carbocycles. The predicted octanol–water partition coefficient (Wildman–Crippen LogP) is 1.70. The third kappa shape index (κ3) is 7.10. The Labute approximate surface area is 174 Å². The molecule has 0 spiro atoms. The Morgan fingerprint density at radius 2 is 1.96 bits per heavy atom. The molecule has 28 heavy (non-hydrogen) atoms. The molecule has 4 N–H and O–H groups in total. The summed E-state index contributed by atoms with van der Waals surface area (Å²) in [6.45, 7) is 1.08. The molecule has 1 aliphatic rings. The first-order chi connectivity index (χ1) is 13.1. The van der Waals surface area contributed by atoms with E-state index in [2.05, 4.69) is 15.6 Å². The van der Waals surface area contributed by atoms with Crippen molar-refractivity contribution in [3.05, 3.63) is 45.9 Å². The SMILES string of the molecule is Cl.NCCc1nc(C(=O)NCCc2ccc(OCC(=O)NC3CC3)cc2)cs1. The summed E-state index contributed by atoms with van der Waals surface area (Å²) >= 11 is 1.45. The van der Waals surface area contributed by atoms with Crippen LogP contribution in [0.5, 0.6) is 5.75 Å². The van der Waals surface area contributed by atoms with Gasteiger partial charge in [-0.1, -0.05) is 12.1 Å². The summed E-state index contributed by atoms with van der Waals surface area (Å²) in [7, 11) is 0. The zero-order valence-corrected chi connectivity index (χ0v) is 17.1. The van der Waals surface area contributed by atoms with Crippen LogP contribution in [-0.2, 0) is 17.6 Å². The maximum Gasteiger partial charge on any atom is 0.270 e. The topological polar surface area (TPSA) is 106 Å². The Balaban J connectivity index is 0.00000280. The number of nitrogens with zero attached hydrogens (tertiary/aromatic N) is 1. The second-order valence-corrected chi connectivity index (χ2v) is 7.39. The third-order valence-corrected chi connectivity index (χ3v) is 4.99. The molecule has 0 unspecified atom stereocenters. The maximum atomic E-state index is 12.1. The standard InChI is InChI=1S/C19H24N4O3S.ClH/c20-9-7-18-23-16(12-27-18)19(25)21-10-8-13-1-5-15(6-2-13)26-11-17(24)22-14-3-4-14;/h1-2,5-6,12,14H,3-4,7-11,20H2,(H,21,25)(H,22,24);1H. The van der Waals surface area contributed by atoms with E-state index in [9.17, 15) is 9.59 Å². The van der Waals surface area contributed by atoms with Gasteiger partial charge in [0, 0.05) is 24.4 Å². The summed E-state index contributed by atoms with van der Waals surface area (Å²) in [6, 6.07) is 7.88. The molecule has 1 aliphatic carbocycles. The van der Waals surface area contributed by atoms with Crippen LogP contribution >= 0.6 is 23.7 Å². The van der Waals surface area contributed by atoms with E-state index >= 15 is 0 Å². The van der Waals surface area contributed by atoms with Crippen LogP contribution in [0.4, 0.5) is 0 Å².